The summed E-state index contributed by atoms with van der Waals surface area (Å²) in [6, 6.07) is 0. The number of fused-ring (bicyclic) bond motifs is 5. The van der Waals surface area contributed by atoms with Gasteiger partial charge >= 0.3 is 11.9 Å². The third-order valence-corrected chi connectivity index (χ3v) is 10.7. The average Bonchev–Trinajstić information content (AvgIpc) is 3.14. The topological polar surface area (TPSA) is 65.0 Å². The lowest BCUT2D eigenvalue weighted by molar-refractivity contribution is -0.150. The van der Waals surface area contributed by atoms with Crippen LogP contribution in [0.4, 0.5) is 0 Å². The fraction of sp³-hybridized carbons (Fsp3) is 0.839. The van der Waals surface area contributed by atoms with E-state index in [0.717, 1.165) is 42.7 Å². The zero-order valence-corrected chi connectivity index (χ0v) is 23.8. The second kappa shape index (κ2) is 10.6. The van der Waals surface area contributed by atoms with Gasteiger partial charge in [-0.25, -0.2) is 4.79 Å². The second-order valence-electron chi connectivity index (χ2n) is 13.4. The summed E-state index contributed by atoms with van der Waals surface area (Å²) in [5, 5.41) is 4.42. The maximum atomic E-state index is 11.7. The molecule has 4 aliphatic rings. The van der Waals surface area contributed by atoms with Crippen molar-refractivity contribution in [1.82, 2.24) is 0 Å². The van der Waals surface area contributed by atoms with E-state index >= 15 is 0 Å². The normalized spacial score (nSPS) is 39.6. The molecule has 8 atom stereocenters. The van der Waals surface area contributed by atoms with Crippen LogP contribution in [-0.2, 0) is 19.2 Å². The Balaban J connectivity index is 1.62. The van der Waals surface area contributed by atoms with Gasteiger partial charge in [0.1, 0.15) is 6.10 Å². The van der Waals surface area contributed by atoms with Crippen LogP contribution in [0.1, 0.15) is 113 Å². The zero-order chi connectivity index (χ0) is 26.3. The van der Waals surface area contributed by atoms with Gasteiger partial charge in [0.15, 0.2) is 0 Å². The Kier molecular flexibility index (Phi) is 8.07. The minimum absolute atomic E-state index is 0.0576. The molecule has 0 aliphatic heterocycles. The molecule has 3 saturated carbocycles. The van der Waals surface area contributed by atoms with Gasteiger partial charge in [-0.05, 0) is 91.4 Å². The minimum Gasteiger partial charge on any atom is -0.463 e. The standard InChI is InChI=1S/C31H49NO4/c1-19(2)9-8-10-20(3)25-11-12-26-24-18-29(32-36-22(5)34)28-17-23(35-21(4)33)13-15-31(28,7)27(24)14-16-30(25,26)6/h18-20,23,25-28H,8-17H2,1-7H3/b32-29+/t20-,23+,25-,26+,27+,28-,30-,31-/m1/s1. The Morgan fingerprint density at radius 2 is 1.64 bits per heavy atom. The summed E-state index contributed by atoms with van der Waals surface area (Å²) in [6.07, 6.45) is 14.0. The van der Waals surface area contributed by atoms with Crippen LogP contribution in [0.5, 0.6) is 0 Å². The van der Waals surface area contributed by atoms with E-state index in [9.17, 15) is 9.59 Å². The number of ether oxygens (including phenoxy) is 1. The summed E-state index contributed by atoms with van der Waals surface area (Å²) in [5.41, 5.74) is 2.84. The number of rotatable bonds is 7. The van der Waals surface area contributed by atoms with Crippen molar-refractivity contribution in [3.63, 3.8) is 0 Å². The van der Waals surface area contributed by atoms with Gasteiger partial charge in [0.2, 0.25) is 0 Å². The lowest BCUT2D eigenvalue weighted by Crippen LogP contribution is -2.53. The van der Waals surface area contributed by atoms with E-state index in [1.807, 2.05) is 0 Å². The zero-order valence-electron chi connectivity index (χ0n) is 23.8. The van der Waals surface area contributed by atoms with Gasteiger partial charge in [-0.15, -0.1) is 0 Å². The predicted molar refractivity (Wildman–Crippen MR) is 143 cm³/mol. The summed E-state index contributed by atoms with van der Waals surface area (Å²) >= 11 is 0. The molecule has 5 heteroatoms. The van der Waals surface area contributed by atoms with Gasteiger partial charge in [0, 0.05) is 19.8 Å². The molecular weight excluding hydrogens is 450 g/mol. The predicted octanol–water partition coefficient (Wildman–Crippen LogP) is 7.49. The molecule has 4 rings (SSSR count). The number of hydrogen-bond donors (Lipinski definition) is 0. The maximum Gasteiger partial charge on any atom is 0.331 e. The van der Waals surface area contributed by atoms with E-state index in [1.165, 1.54) is 58.8 Å². The first kappa shape index (κ1) is 27.4. The largest absolute Gasteiger partial charge is 0.463 e. The smallest absolute Gasteiger partial charge is 0.331 e. The number of carbonyl (C=O) groups excluding carboxylic acids is 2. The summed E-state index contributed by atoms with van der Waals surface area (Å²) in [4.78, 5) is 28.6. The first-order valence-corrected chi connectivity index (χ1v) is 14.6. The van der Waals surface area contributed by atoms with Crippen LogP contribution in [0.15, 0.2) is 16.8 Å². The third kappa shape index (κ3) is 5.18. The highest BCUT2D eigenvalue weighted by Gasteiger charge is 2.59. The number of carbonyl (C=O) groups is 2. The molecular formula is C31H49NO4. The van der Waals surface area contributed by atoms with Crippen LogP contribution in [0.3, 0.4) is 0 Å². The Bertz CT molecular complexity index is 906. The van der Waals surface area contributed by atoms with Crippen LogP contribution >= 0.6 is 0 Å². The van der Waals surface area contributed by atoms with Crippen LogP contribution in [0.2, 0.25) is 0 Å². The van der Waals surface area contributed by atoms with E-state index in [1.54, 1.807) is 5.57 Å². The number of oxime groups is 1. The number of hydrogen-bond acceptors (Lipinski definition) is 5. The van der Waals surface area contributed by atoms with Crippen molar-refractivity contribution < 1.29 is 19.2 Å². The van der Waals surface area contributed by atoms with Gasteiger partial charge in [0.05, 0.1) is 5.71 Å². The van der Waals surface area contributed by atoms with Gasteiger partial charge in [-0.3, -0.25) is 4.79 Å². The maximum absolute atomic E-state index is 11.7. The molecule has 0 unspecified atom stereocenters. The van der Waals surface area contributed by atoms with E-state index < -0.39 is 0 Å². The van der Waals surface area contributed by atoms with Crippen LogP contribution in [-0.4, -0.2) is 23.8 Å². The molecule has 3 fully saturated rings. The van der Waals surface area contributed by atoms with Crippen molar-refractivity contribution in [1.29, 1.82) is 0 Å². The molecule has 36 heavy (non-hydrogen) atoms. The molecule has 0 aromatic carbocycles. The minimum atomic E-state index is -0.387. The highest BCUT2D eigenvalue weighted by atomic mass is 16.7. The molecule has 0 amide bonds. The molecule has 4 aliphatic carbocycles. The van der Waals surface area contributed by atoms with Crippen molar-refractivity contribution in [2.75, 3.05) is 0 Å². The third-order valence-electron chi connectivity index (χ3n) is 10.7. The van der Waals surface area contributed by atoms with Crippen molar-refractivity contribution in [2.24, 2.45) is 51.5 Å². The Labute approximate surface area is 218 Å². The summed E-state index contributed by atoms with van der Waals surface area (Å²) in [5.74, 6) is 2.97. The fourth-order valence-corrected chi connectivity index (χ4v) is 8.92. The van der Waals surface area contributed by atoms with E-state index in [0.29, 0.717) is 17.3 Å². The van der Waals surface area contributed by atoms with Crippen molar-refractivity contribution in [3.05, 3.63) is 11.6 Å². The summed E-state index contributed by atoms with van der Waals surface area (Å²) < 4.78 is 5.65. The molecule has 0 N–H and O–H groups in total. The first-order valence-electron chi connectivity index (χ1n) is 14.6. The molecule has 0 heterocycles. The Morgan fingerprint density at radius 1 is 0.944 bits per heavy atom. The number of esters is 1. The van der Waals surface area contributed by atoms with Crippen molar-refractivity contribution >= 4 is 17.7 Å². The van der Waals surface area contributed by atoms with Gasteiger partial charge in [-0.1, -0.05) is 64.6 Å². The summed E-state index contributed by atoms with van der Waals surface area (Å²) in [7, 11) is 0. The van der Waals surface area contributed by atoms with Gasteiger partial charge in [-0.2, -0.15) is 0 Å². The van der Waals surface area contributed by atoms with E-state index in [-0.39, 0.29) is 29.4 Å². The average molecular weight is 500 g/mol. The van der Waals surface area contributed by atoms with Crippen molar-refractivity contribution in [2.45, 2.75) is 119 Å². The monoisotopic (exact) mass is 499 g/mol. The molecule has 0 aromatic heterocycles. The van der Waals surface area contributed by atoms with E-state index in [4.69, 9.17) is 9.57 Å². The van der Waals surface area contributed by atoms with Gasteiger partial charge < -0.3 is 9.57 Å². The summed E-state index contributed by atoms with van der Waals surface area (Å²) in [6.45, 7) is 15.1. The quantitative estimate of drug-likeness (QED) is 0.207. The van der Waals surface area contributed by atoms with Crippen LogP contribution in [0, 0.1) is 46.3 Å². The molecule has 0 aromatic rings. The SMILES string of the molecule is CC(=O)O/N=C1\C=C2[C@H](CC[C@]3(C)[C@@H]([C@H](C)CCCC(C)C)CC[C@@H]23)[C@@]2(C)CC[C@H](OC(C)=O)C[C@H]12. The van der Waals surface area contributed by atoms with E-state index in [2.05, 4.69) is 45.9 Å². The highest BCUT2D eigenvalue weighted by Crippen LogP contribution is 2.66. The molecule has 0 spiro atoms. The number of allylic oxidation sites excluding steroid dienone is 2. The second-order valence-corrected chi connectivity index (χ2v) is 13.4. The van der Waals surface area contributed by atoms with Crippen molar-refractivity contribution in [3.8, 4) is 0 Å². The molecule has 0 saturated heterocycles. The number of nitrogens with zero attached hydrogens (tertiary/aromatic N) is 1. The van der Waals surface area contributed by atoms with Gasteiger partial charge in [0.25, 0.3) is 0 Å². The Morgan fingerprint density at radius 3 is 2.31 bits per heavy atom. The van der Waals surface area contributed by atoms with Crippen LogP contribution in [0.25, 0.3) is 0 Å². The Hall–Kier alpha value is -1.65. The highest BCUT2D eigenvalue weighted by molar-refractivity contribution is 5.99. The molecule has 5 nitrogen and oxygen atoms in total. The lowest BCUT2D eigenvalue weighted by atomic mass is 9.47. The lowest BCUT2D eigenvalue weighted by Gasteiger charge is -2.57. The van der Waals surface area contributed by atoms with Crippen LogP contribution < -0.4 is 0 Å². The molecule has 0 radical (unpaired) electrons. The molecule has 0 bridgehead atoms. The fourth-order valence-electron chi connectivity index (χ4n) is 8.92. The molecule has 202 valence electrons. The first-order chi connectivity index (χ1) is 17.0.